The summed E-state index contributed by atoms with van der Waals surface area (Å²) in [5, 5.41) is 2.86. The fourth-order valence-electron chi connectivity index (χ4n) is 4.52. The van der Waals surface area contributed by atoms with Gasteiger partial charge < -0.3 is 15.0 Å². The van der Waals surface area contributed by atoms with Crippen LogP contribution in [0.25, 0.3) is 0 Å². The summed E-state index contributed by atoms with van der Waals surface area (Å²) in [5.74, 6) is -0.817. The number of aromatic nitrogens is 1. The largest absolute Gasteiger partial charge is 0.367 e. The van der Waals surface area contributed by atoms with E-state index in [1.165, 1.54) is 24.3 Å². The molecule has 1 N–H and O–H groups in total. The summed E-state index contributed by atoms with van der Waals surface area (Å²) < 4.78 is 19.3. The van der Waals surface area contributed by atoms with Crippen molar-refractivity contribution in [3.05, 3.63) is 89.5 Å². The molecule has 1 fully saturated rings. The summed E-state index contributed by atoms with van der Waals surface area (Å²) >= 11 is 0. The highest BCUT2D eigenvalue weighted by atomic mass is 19.1. The van der Waals surface area contributed by atoms with E-state index in [9.17, 15) is 14.0 Å². The van der Waals surface area contributed by atoms with E-state index < -0.39 is 11.5 Å². The van der Waals surface area contributed by atoms with E-state index in [0.717, 1.165) is 16.9 Å². The van der Waals surface area contributed by atoms with Crippen LogP contribution < -0.4 is 10.2 Å². The van der Waals surface area contributed by atoms with E-state index in [0.29, 0.717) is 30.8 Å². The van der Waals surface area contributed by atoms with E-state index in [-0.39, 0.29) is 17.6 Å². The Bertz CT molecular complexity index is 1180. The van der Waals surface area contributed by atoms with Gasteiger partial charge in [-0.25, -0.2) is 4.39 Å². The highest BCUT2D eigenvalue weighted by molar-refractivity contribution is 6.08. The highest BCUT2D eigenvalue weighted by Crippen LogP contribution is 2.47. The average molecular weight is 431 g/mol. The number of para-hydroxylation sites is 1. The van der Waals surface area contributed by atoms with Crippen molar-refractivity contribution in [1.29, 1.82) is 0 Å². The lowest BCUT2D eigenvalue weighted by Crippen LogP contribution is -2.38. The lowest BCUT2D eigenvalue weighted by molar-refractivity contribution is -0.124. The highest BCUT2D eigenvalue weighted by Gasteiger charge is 2.51. The molecule has 0 unspecified atom stereocenters. The van der Waals surface area contributed by atoms with Crippen molar-refractivity contribution >= 4 is 23.2 Å². The van der Waals surface area contributed by atoms with Gasteiger partial charge in [-0.2, -0.15) is 0 Å². The van der Waals surface area contributed by atoms with Gasteiger partial charge in [0.2, 0.25) is 0 Å². The maximum Gasteiger partial charge on any atom is 0.258 e. The molecular formula is C25H22FN3O3. The third-order valence-electron chi connectivity index (χ3n) is 6.17. The Balaban J connectivity index is 1.38. The van der Waals surface area contributed by atoms with Crippen LogP contribution in [-0.2, 0) is 14.9 Å². The van der Waals surface area contributed by atoms with Crippen LogP contribution in [0.15, 0.2) is 66.9 Å². The zero-order valence-corrected chi connectivity index (χ0v) is 17.5. The van der Waals surface area contributed by atoms with Crippen molar-refractivity contribution in [1.82, 2.24) is 4.98 Å². The normalized spacial score (nSPS) is 21.6. The van der Waals surface area contributed by atoms with Crippen molar-refractivity contribution < 1.29 is 18.7 Å². The number of carbonyl (C=O) groups excluding carboxylic acids is 2. The van der Waals surface area contributed by atoms with Crippen molar-refractivity contribution in [2.75, 3.05) is 23.4 Å². The van der Waals surface area contributed by atoms with E-state index in [2.05, 4.69) is 10.3 Å². The number of amides is 2. The number of nitrogens with zero attached hydrogens (tertiary/aromatic N) is 2. The number of ether oxygens (including phenoxy) is 1. The predicted octanol–water partition coefficient (Wildman–Crippen LogP) is 3.85. The number of benzene rings is 2. The first kappa shape index (κ1) is 20.3. The number of rotatable bonds is 3. The molecule has 0 saturated carbocycles. The molecule has 0 aliphatic carbocycles. The van der Waals surface area contributed by atoms with Gasteiger partial charge in [0.1, 0.15) is 11.9 Å². The molecule has 1 saturated heterocycles. The second kappa shape index (κ2) is 7.84. The molecule has 0 bridgehead atoms. The number of aryl methyl sites for hydroxylation is 1. The molecule has 0 radical (unpaired) electrons. The van der Waals surface area contributed by atoms with Gasteiger partial charge in [-0.05, 0) is 61.4 Å². The summed E-state index contributed by atoms with van der Waals surface area (Å²) in [5.41, 5.74) is 3.22. The lowest BCUT2D eigenvalue weighted by Gasteiger charge is -2.23. The van der Waals surface area contributed by atoms with Crippen molar-refractivity contribution in [3.8, 4) is 0 Å². The third-order valence-corrected chi connectivity index (χ3v) is 6.17. The Labute approximate surface area is 185 Å². The van der Waals surface area contributed by atoms with Gasteiger partial charge in [-0.1, -0.05) is 18.2 Å². The zero-order valence-electron chi connectivity index (χ0n) is 17.5. The Morgan fingerprint density at radius 3 is 2.66 bits per heavy atom. The second-order valence-corrected chi connectivity index (χ2v) is 8.38. The number of pyridine rings is 1. The number of halogens is 1. The molecule has 162 valence electrons. The summed E-state index contributed by atoms with van der Waals surface area (Å²) in [6.45, 7) is 2.62. The van der Waals surface area contributed by atoms with Crippen LogP contribution in [-0.4, -0.2) is 36.1 Å². The molecular weight excluding hydrogens is 409 g/mol. The minimum atomic E-state index is -0.634. The standard InChI is InChI=1S/C25H22FN3O3/c1-16-6-11-19(13-27-16)28-23(30)22-12-25(15-32-22)14-29(21-5-3-2-4-20(21)25)24(31)17-7-9-18(26)10-8-17/h2-11,13,22H,12,14-15H2,1H3,(H,28,30)/t22-,25+/m0/s1. The molecule has 5 rings (SSSR count). The van der Waals surface area contributed by atoms with Crippen LogP contribution in [0.1, 0.15) is 28.0 Å². The zero-order chi connectivity index (χ0) is 22.3. The summed E-state index contributed by atoms with van der Waals surface area (Å²) in [6.07, 6.45) is 1.44. The van der Waals surface area contributed by atoms with E-state index >= 15 is 0 Å². The first-order valence-electron chi connectivity index (χ1n) is 10.5. The van der Waals surface area contributed by atoms with Crippen LogP contribution in [0.4, 0.5) is 15.8 Å². The molecule has 7 heteroatoms. The fourth-order valence-corrected chi connectivity index (χ4v) is 4.52. The van der Waals surface area contributed by atoms with E-state index in [1.807, 2.05) is 37.3 Å². The number of nitrogens with one attached hydrogen (secondary N) is 1. The molecule has 2 aliphatic heterocycles. The fraction of sp³-hybridized carbons (Fsp3) is 0.240. The second-order valence-electron chi connectivity index (χ2n) is 8.38. The molecule has 2 aliphatic rings. The average Bonchev–Trinajstić information content (AvgIpc) is 3.38. The lowest BCUT2D eigenvalue weighted by atomic mass is 9.80. The van der Waals surface area contributed by atoms with Crippen LogP contribution in [0.3, 0.4) is 0 Å². The smallest absolute Gasteiger partial charge is 0.258 e. The van der Waals surface area contributed by atoms with Crippen LogP contribution in [0.5, 0.6) is 0 Å². The van der Waals surface area contributed by atoms with Gasteiger partial charge in [0, 0.05) is 28.9 Å². The summed E-state index contributed by atoms with van der Waals surface area (Å²) in [4.78, 5) is 32.0. The molecule has 2 aromatic carbocycles. The van der Waals surface area contributed by atoms with Gasteiger partial charge in [0.25, 0.3) is 11.8 Å². The number of hydrogen-bond donors (Lipinski definition) is 1. The van der Waals surface area contributed by atoms with Gasteiger partial charge in [-0.15, -0.1) is 0 Å². The van der Waals surface area contributed by atoms with Crippen molar-refractivity contribution in [2.24, 2.45) is 0 Å². The minimum absolute atomic E-state index is 0.201. The number of fused-ring (bicyclic) bond motifs is 2. The van der Waals surface area contributed by atoms with Gasteiger partial charge in [0.05, 0.1) is 18.5 Å². The van der Waals surface area contributed by atoms with E-state index in [4.69, 9.17) is 4.74 Å². The third kappa shape index (κ3) is 3.54. The Hall–Kier alpha value is -3.58. The monoisotopic (exact) mass is 431 g/mol. The van der Waals surface area contributed by atoms with Gasteiger partial charge >= 0.3 is 0 Å². The molecule has 1 spiro atoms. The van der Waals surface area contributed by atoms with Crippen molar-refractivity contribution in [2.45, 2.75) is 24.9 Å². The molecule has 2 atom stereocenters. The number of carbonyl (C=O) groups is 2. The SMILES string of the molecule is Cc1ccc(NC(=O)[C@@H]2C[C@]3(CO2)CN(C(=O)c2ccc(F)cc2)c2ccccc23)cn1. The maximum atomic E-state index is 13.3. The minimum Gasteiger partial charge on any atom is -0.367 e. The first-order chi connectivity index (χ1) is 15.4. The Kier molecular flexibility index (Phi) is 4.98. The van der Waals surface area contributed by atoms with Crippen LogP contribution >= 0.6 is 0 Å². The molecule has 32 heavy (non-hydrogen) atoms. The van der Waals surface area contributed by atoms with Gasteiger partial charge in [0.15, 0.2) is 0 Å². The predicted molar refractivity (Wildman–Crippen MR) is 118 cm³/mol. The Morgan fingerprint density at radius 1 is 1.12 bits per heavy atom. The Morgan fingerprint density at radius 2 is 1.91 bits per heavy atom. The van der Waals surface area contributed by atoms with E-state index in [1.54, 1.807) is 17.2 Å². The van der Waals surface area contributed by atoms with Crippen molar-refractivity contribution in [3.63, 3.8) is 0 Å². The first-order valence-corrected chi connectivity index (χ1v) is 10.5. The summed E-state index contributed by atoms with van der Waals surface area (Å²) in [6, 6.07) is 16.9. The van der Waals surface area contributed by atoms with Crippen LogP contribution in [0, 0.1) is 12.7 Å². The maximum absolute atomic E-state index is 13.3. The molecule has 3 heterocycles. The molecule has 6 nitrogen and oxygen atoms in total. The van der Waals surface area contributed by atoms with Crippen LogP contribution in [0.2, 0.25) is 0 Å². The molecule has 2 amide bonds. The topological polar surface area (TPSA) is 71.5 Å². The number of hydrogen-bond acceptors (Lipinski definition) is 4. The quantitative estimate of drug-likeness (QED) is 0.684. The number of anilines is 2. The molecule has 1 aromatic heterocycles. The molecule has 3 aromatic rings. The summed E-state index contributed by atoms with van der Waals surface area (Å²) in [7, 11) is 0. The van der Waals surface area contributed by atoms with Gasteiger partial charge in [-0.3, -0.25) is 14.6 Å².